The average molecular weight is 364 g/mol. The fourth-order valence-electron chi connectivity index (χ4n) is 3.01. The minimum atomic E-state index is -3.11. The van der Waals surface area contributed by atoms with E-state index in [0.29, 0.717) is 23.6 Å². The van der Waals surface area contributed by atoms with Crippen molar-refractivity contribution in [3.05, 3.63) is 35.7 Å². The Morgan fingerprint density at radius 3 is 2.72 bits per heavy atom. The molecule has 0 unspecified atom stereocenters. The zero-order valence-corrected chi connectivity index (χ0v) is 15.1. The number of aromatic nitrogens is 3. The van der Waals surface area contributed by atoms with Crippen molar-refractivity contribution in [1.29, 1.82) is 0 Å². The maximum atomic E-state index is 12.6. The van der Waals surface area contributed by atoms with Crippen molar-refractivity contribution in [2.45, 2.75) is 25.8 Å². The molecule has 1 aromatic heterocycles. The van der Waals surface area contributed by atoms with Crippen molar-refractivity contribution in [2.24, 2.45) is 0 Å². The Morgan fingerprint density at radius 1 is 1.36 bits per heavy atom. The first-order chi connectivity index (χ1) is 11.7. The normalized spacial score (nSPS) is 21.9. The Balaban J connectivity index is 1.87. The Kier molecular flexibility index (Phi) is 4.28. The Bertz CT molecular complexity index is 922. The first kappa shape index (κ1) is 17.4. The maximum absolute atomic E-state index is 12.6. The van der Waals surface area contributed by atoms with Crippen LogP contribution in [0.25, 0.3) is 5.69 Å². The van der Waals surface area contributed by atoms with Gasteiger partial charge in [-0.25, -0.2) is 13.1 Å². The number of hydrogen-bond donors (Lipinski definition) is 1. The molecule has 3 rings (SSSR count). The largest absolute Gasteiger partial charge is 0.494 e. The van der Waals surface area contributed by atoms with E-state index in [1.54, 1.807) is 27.0 Å². The van der Waals surface area contributed by atoms with Crippen LogP contribution < -0.4 is 10.1 Å². The van der Waals surface area contributed by atoms with Gasteiger partial charge in [0.1, 0.15) is 11.4 Å². The van der Waals surface area contributed by atoms with E-state index in [9.17, 15) is 13.2 Å². The van der Waals surface area contributed by atoms with Gasteiger partial charge in [0.05, 0.1) is 29.8 Å². The summed E-state index contributed by atoms with van der Waals surface area (Å²) in [6.07, 6.45) is 0.390. The van der Waals surface area contributed by atoms with Crippen molar-refractivity contribution >= 4 is 15.7 Å². The number of sulfone groups is 1. The van der Waals surface area contributed by atoms with Gasteiger partial charge in [0.15, 0.2) is 15.5 Å². The summed E-state index contributed by atoms with van der Waals surface area (Å²) >= 11 is 0. The van der Waals surface area contributed by atoms with Crippen LogP contribution in [0.2, 0.25) is 0 Å². The van der Waals surface area contributed by atoms with E-state index in [2.05, 4.69) is 15.6 Å². The fraction of sp³-hybridized carbons (Fsp3) is 0.438. The molecule has 1 N–H and O–H groups in total. The molecule has 2 aromatic rings. The number of ether oxygens (including phenoxy) is 1. The van der Waals surface area contributed by atoms with Crippen molar-refractivity contribution in [3.8, 4) is 11.4 Å². The monoisotopic (exact) mass is 364 g/mol. The molecule has 2 heterocycles. The second kappa shape index (κ2) is 6.14. The Labute approximate surface area is 146 Å². The molecule has 9 heteroatoms. The van der Waals surface area contributed by atoms with Crippen LogP contribution in [0.1, 0.15) is 29.5 Å². The van der Waals surface area contributed by atoms with E-state index in [1.807, 2.05) is 18.2 Å². The highest BCUT2D eigenvalue weighted by Crippen LogP contribution is 2.25. The van der Waals surface area contributed by atoms with E-state index in [4.69, 9.17) is 4.74 Å². The molecule has 1 aromatic carbocycles. The summed E-state index contributed by atoms with van der Waals surface area (Å²) in [4.78, 5) is 12.6. The molecule has 25 heavy (non-hydrogen) atoms. The second-order valence-corrected chi connectivity index (χ2v) is 8.65. The highest BCUT2D eigenvalue weighted by molar-refractivity contribution is 7.91. The Hall–Kier alpha value is -2.42. The molecule has 134 valence electrons. The molecule has 8 nitrogen and oxygen atoms in total. The Morgan fingerprint density at radius 2 is 2.08 bits per heavy atom. The van der Waals surface area contributed by atoms with Gasteiger partial charge >= 0.3 is 0 Å². The van der Waals surface area contributed by atoms with Crippen molar-refractivity contribution in [3.63, 3.8) is 0 Å². The lowest BCUT2D eigenvalue weighted by Gasteiger charge is -2.23. The number of benzene rings is 1. The number of para-hydroxylation sites is 2. The summed E-state index contributed by atoms with van der Waals surface area (Å²) in [5.74, 6) is 0.191. The molecule has 0 bridgehead atoms. The highest BCUT2D eigenvalue weighted by atomic mass is 32.2. The van der Waals surface area contributed by atoms with Crippen LogP contribution in [0.4, 0.5) is 0 Å². The fourth-order valence-corrected chi connectivity index (χ4v) is 5.11. The second-order valence-electron chi connectivity index (χ2n) is 6.46. The third kappa shape index (κ3) is 3.37. The molecule has 1 saturated heterocycles. The van der Waals surface area contributed by atoms with Crippen molar-refractivity contribution in [1.82, 2.24) is 20.3 Å². The molecule has 0 aliphatic carbocycles. The number of hydrogen-bond acceptors (Lipinski definition) is 6. The predicted octanol–water partition coefficient (Wildman–Crippen LogP) is 0.891. The molecule has 1 amide bonds. The van der Waals surface area contributed by atoms with E-state index < -0.39 is 21.3 Å². The van der Waals surface area contributed by atoms with Gasteiger partial charge in [0.2, 0.25) is 0 Å². The number of methoxy groups -OCH3 is 1. The summed E-state index contributed by atoms with van der Waals surface area (Å²) in [6, 6.07) is 7.28. The van der Waals surface area contributed by atoms with Crippen molar-refractivity contribution < 1.29 is 17.9 Å². The summed E-state index contributed by atoms with van der Waals surface area (Å²) < 4.78 is 30.2. The summed E-state index contributed by atoms with van der Waals surface area (Å²) in [5.41, 5.74) is 0.600. The van der Waals surface area contributed by atoms with E-state index in [1.165, 1.54) is 4.68 Å². The highest BCUT2D eigenvalue weighted by Gasteiger charge is 2.40. The quantitative estimate of drug-likeness (QED) is 0.864. The van der Waals surface area contributed by atoms with Crippen LogP contribution in [-0.4, -0.2) is 53.5 Å². The van der Waals surface area contributed by atoms with Gasteiger partial charge in [-0.2, -0.15) is 0 Å². The minimum absolute atomic E-state index is 0.0641. The lowest BCUT2D eigenvalue weighted by atomic mass is 10.0. The van der Waals surface area contributed by atoms with E-state index >= 15 is 0 Å². The molecule has 1 aliphatic heterocycles. The number of rotatable bonds is 4. The van der Waals surface area contributed by atoms with Gasteiger partial charge in [-0.15, -0.1) is 5.10 Å². The van der Waals surface area contributed by atoms with E-state index in [0.717, 1.165) is 0 Å². The summed E-state index contributed by atoms with van der Waals surface area (Å²) in [6.45, 7) is 3.46. The van der Waals surface area contributed by atoms with Gasteiger partial charge in [0.25, 0.3) is 5.91 Å². The third-order valence-electron chi connectivity index (χ3n) is 4.34. The number of nitrogens with one attached hydrogen (secondary N) is 1. The van der Waals surface area contributed by atoms with Gasteiger partial charge in [0, 0.05) is 0 Å². The van der Waals surface area contributed by atoms with Crippen LogP contribution in [0, 0.1) is 6.92 Å². The van der Waals surface area contributed by atoms with Crippen LogP contribution in [0.5, 0.6) is 5.75 Å². The molecule has 0 radical (unpaired) electrons. The maximum Gasteiger partial charge on any atom is 0.274 e. The summed E-state index contributed by atoms with van der Waals surface area (Å²) in [7, 11) is -1.56. The molecule has 1 aliphatic rings. The smallest absolute Gasteiger partial charge is 0.274 e. The number of carbonyl (C=O) groups excluding carboxylic acids is 1. The lowest BCUT2D eigenvalue weighted by Crippen LogP contribution is -2.47. The van der Waals surface area contributed by atoms with Crippen LogP contribution >= 0.6 is 0 Å². The lowest BCUT2D eigenvalue weighted by molar-refractivity contribution is 0.0909. The van der Waals surface area contributed by atoms with Gasteiger partial charge in [-0.1, -0.05) is 17.3 Å². The number of carbonyl (C=O) groups is 1. The molecular formula is C16H20N4O4S. The molecule has 0 spiro atoms. The van der Waals surface area contributed by atoms with Crippen LogP contribution in [0.15, 0.2) is 24.3 Å². The zero-order chi connectivity index (χ0) is 18.2. The SMILES string of the molecule is COc1ccccc1-n1nnc(C(=O)N[C@]2(C)CCS(=O)(=O)C2)c1C. The topological polar surface area (TPSA) is 103 Å². The number of nitrogens with zero attached hydrogens (tertiary/aromatic N) is 3. The molecule has 0 saturated carbocycles. The minimum Gasteiger partial charge on any atom is -0.494 e. The predicted molar refractivity (Wildman–Crippen MR) is 91.8 cm³/mol. The third-order valence-corrected chi connectivity index (χ3v) is 6.24. The van der Waals surface area contributed by atoms with Crippen LogP contribution in [-0.2, 0) is 9.84 Å². The molecule has 1 fully saturated rings. The van der Waals surface area contributed by atoms with Crippen molar-refractivity contribution in [2.75, 3.05) is 18.6 Å². The van der Waals surface area contributed by atoms with Gasteiger partial charge in [-0.05, 0) is 32.4 Å². The average Bonchev–Trinajstić information content (AvgIpc) is 3.06. The molecular weight excluding hydrogens is 344 g/mol. The first-order valence-corrected chi connectivity index (χ1v) is 9.65. The van der Waals surface area contributed by atoms with E-state index in [-0.39, 0.29) is 17.2 Å². The first-order valence-electron chi connectivity index (χ1n) is 7.83. The molecule has 1 atom stereocenters. The van der Waals surface area contributed by atoms with Crippen LogP contribution in [0.3, 0.4) is 0 Å². The summed E-state index contributed by atoms with van der Waals surface area (Å²) in [5, 5.41) is 10.8. The number of amides is 1. The zero-order valence-electron chi connectivity index (χ0n) is 14.3. The van der Waals surface area contributed by atoms with Gasteiger partial charge in [-0.3, -0.25) is 4.79 Å². The standard InChI is InChI=1S/C16H20N4O4S/c1-11-14(15(21)17-16(2)8-9-25(22,23)10-16)18-19-20(11)12-6-4-5-7-13(12)24-3/h4-7H,8-10H2,1-3H3,(H,17,21)/t16-/m1/s1. The van der Waals surface area contributed by atoms with Gasteiger partial charge < -0.3 is 10.1 Å².